The van der Waals surface area contributed by atoms with Crippen LogP contribution in [0.4, 0.5) is 0 Å². The highest BCUT2D eigenvalue weighted by Crippen LogP contribution is 2.18. The van der Waals surface area contributed by atoms with Crippen molar-refractivity contribution < 1.29 is 9.47 Å². The average Bonchev–Trinajstić information content (AvgIpc) is 2.03. The molecule has 3 nitrogen and oxygen atoms in total. The summed E-state index contributed by atoms with van der Waals surface area (Å²) in [5, 5.41) is 0. The van der Waals surface area contributed by atoms with Crippen LogP contribution in [0.15, 0.2) is 0 Å². The molecule has 2 N–H and O–H groups in total. The third-order valence-electron chi connectivity index (χ3n) is 2.11. The molecule has 1 unspecified atom stereocenters. The van der Waals surface area contributed by atoms with Crippen LogP contribution in [0, 0.1) is 6.29 Å². The van der Waals surface area contributed by atoms with Crippen molar-refractivity contribution in [3.63, 3.8) is 0 Å². The summed E-state index contributed by atoms with van der Waals surface area (Å²) in [5.74, 6) is 0. The smallest absolute Gasteiger partial charge is 0.224 e. The van der Waals surface area contributed by atoms with E-state index in [0.717, 1.165) is 6.42 Å². The molecule has 0 spiro atoms. The Balaban J connectivity index is 4.01. The van der Waals surface area contributed by atoms with E-state index in [1.165, 1.54) is 0 Å². The molecule has 0 fully saturated rings. The van der Waals surface area contributed by atoms with Gasteiger partial charge in [-0.15, -0.1) is 0 Å². The standard InChI is InChI=1S/C10H24NO2Si/c1-6-12-10(13-7-2)8-9(11)14(3,4)5/h9H,6-8,11H2,1-5H3. The second-order valence-corrected chi connectivity index (χ2v) is 9.89. The SMILES string of the molecule is CCO[C](CC(N)[Si](C)(C)C)OCC. The number of nitrogens with two attached hydrogens (primary N) is 1. The highest BCUT2D eigenvalue weighted by molar-refractivity contribution is 6.77. The minimum Gasteiger partial charge on any atom is -0.346 e. The van der Waals surface area contributed by atoms with Crippen molar-refractivity contribution in [1.29, 1.82) is 0 Å². The Labute approximate surface area is 89.0 Å². The fourth-order valence-corrected chi connectivity index (χ4v) is 1.75. The summed E-state index contributed by atoms with van der Waals surface area (Å²) in [5.41, 5.74) is 6.30. The first-order valence-corrected chi connectivity index (χ1v) is 8.86. The van der Waals surface area contributed by atoms with E-state index in [1.54, 1.807) is 0 Å². The van der Waals surface area contributed by atoms with Gasteiger partial charge in [0.15, 0.2) is 0 Å². The molecule has 0 aromatic rings. The van der Waals surface area contributed by atoms with E-state index in [0.29, 0.717) is 19.5 Å². The molecular formula is C10H24NO2Si. The van der Waals surface area contributed by atoms with E-state index in [2.05, 4.69) is 19.6 Å². The second kappa shape index (κ2) is 6.56. The molecule has 0 amide bonds. The van der Waals surface area contributed by atoms with Gasteiger partial charge in [0.25, 0.3) is 0 Å². The zero-order chi connectivity index (χ0) is 11.2. The molecule has 0 aromatic heterocycles. The van der Waals surface area contributed by atoms with Gasteiger partial charge >= 0.3 is 0 Å². The fraction of sp³-hybridized carbons (Fsp3) is 0.900. The molecule has 4 heteroatoms. The summed E-state index contributed by atoms with van der Waals surface area (Å²) < 4.78 is 10.8. The molecule has 85 valence electrons. The van der Waals surface area contributed by atoms with Gasteiger partial charge in [-0.1, -0.05) is 19.6 Å². The summed E-state index contributed by atoms with van der Waals surface area (Å²) in [6.07, 6.45) is 1.43. The van der Waals surface area contributed by atoms with Gasteiger partial charge in [0, 0.05) is 25.3 Å². The predicted molar refractivity (Wildman–Crippen MR) is 62.4 cm³/mol. The predicted octanol–water partition coefficient (Wildman–Crippen LogP) is 2.14. The molecule has 0 saturated heterocycles. The Kier molecular flexibility index (Phi) is 6.60. The highest BCUT2D eigenvalue weighted by atomic mass is 28.3. The number of rotatable bonds is 7. The normalized spacial score (nSPS) is 14.8. The van der Waals surface area contributed by atoms with Gasteiger partial charge in [-0.25, -0.2) is 0 Å². The van der Waals surface area contributed by atoms with Crippen molar-refractivity contribution in [2.24, 2.45) is 5.73 Å². The van der Waals surface area contributed by atoms with Crippen LogP contribution in [0.25, 0.3) is 0 Å². The summed E-state index contributed by atoms with van der Waals surface area (Å²) in [4.78, 5) is 0. The molecule has 0 bridgehead atoms. The maximum Gasteiger partial charge on any atom is 0.224 e. The van der Waals surface area contributed by atoms with Gasteiger partial charge in [0.05, 0.1) is 8.07 Å². The molecule has 0 aliphatic rings. The van der Waals surface area contributed by atoms with Crippen LogP contribution >= 0.6 is 0 Å². The second-order valence-electron chi connectivity index (χ2n) is 4.41. The quantitative estimate of drug-likeness (QED) is 0.666. The minimum absolute atomic E-state index is 0.204. The Morgan fingerprint density at radius 1 is 1.14 bits per heavy atom. The van der Waals surface area contributed by atoms with Gasteiger partial charge < -0.3 is 15.2 Å². The summed E-state index contributed by atoms with van der Waals surface area (Å²) in [7, 11) is -1.28. The van der Waals surface area contributed by atoms with Gasteiger partial charge in [-0.3, -0.25) is 0 Å². The summed E-state index contributed by atoms with van der Waals surface area (Å²) >= 11 is 0. The molecule has 0 saturated carbocycles. The third-order valence-corrected chi connectivity index (χ3v) is 4.54. The Bertz CT molecular complexity index is 142. The van der Waals surface area contributed by atoms with Crippen molar-refractivity contribution in [1.82, 2.24) is 0 Å². The molecule has 0 heterocycles. The summed E-state index contributed by atoms with van der Waals surface area (Å²) in [6, 6.07) is 0. The van der Waals surface area contributed by atoms with Gasteiger partial charge in [-0.2, -0.15) is 0 Å². The Morgan fingerprint density at radius 2 is 1.57 bits per heavy atom. The lowest BCUT2D eigenvalue weighted by Gasteiger charge is -2.27. The van der Waals surface area contributed by atoms with E-state index in [9.17, 15) is 0 Å². The Morgan fingerprint density at radius 3 is 1.86 bits per heavy atom. The van der Waals surface area contributed by atoms with Crippen LogP contribution in [0.3, 0.4) is 0 Å². The number of ether oxygens (including phenoxy) is 2. The number of hydrogen-bond acceptors (Lipinski definition) is 3. The van der Waals surface area contributed by atoms with E-state index in [1.807, 2.05) is 13.8 Å². The van der Waals surface area contributed by atoms with Crippen LogP contribution in [0.2, 0.25) is 19.6 Å². The van der Waals surface area contributed by atoms with Gasteiger partial charge in [-0.05, 0) is 13.8 Å². The third kappa shape index (κ3) is 5.75. The van der Waals surface area contributed by atoms with Crippen LogP contribution in [0.1, 0.15) is 20.3 Å². The molecule has 0 rings (SSSR count). The van der Waals surface area contributed by atoms with Crippen molar-refractivity contribution >= 4 is 8.07 Å². The molecule has 0 aliphatic carbocycles. The van der Waals surface area contributed by atoms with E-state index in [-0.39, 0.29) is 5.67 Å². The van der Waals surface area contributed by atoms with E-state index in [4.69, 9.17) is 15.2 Å². The van der Waals surface area contributed by atoms with Crippen molar-refractivity contribution in [3.8, 4) is 0 Å². The average molecular weight is 218 g/mol. The molecule has 14 heavy (non-hydrogen) atoms. The molecular weight excluding hydrogens is 194 g/mol. The van der Waals surface area contributed by atoms with Crippen LogP contribution in [-0.4, -0.2) is 27.0 Å². The number of hydrogen-bond donors (Lipinski definition) is 1. The van der Waals surface area contributed by atoms with Gasteiger partial charge in [0.1, 0.15) is 0 Å². The van der Waals surface area contributed by atoms with Crippen molar-refractivity contribution in [3.05, 3.63) is 6.29 Å². The zero-order valence-corrected chi connectivity index (χ0v) is 11.1. The first-order chi connectivity index (χ1) is 6.41. The van der Waals surface area contributed by atoms with E-state index >= 15 is 0 Å². The molecule has 1 radical (unpaired) electrons. The highest BCUT2D eigenvalue weighted by Gasteiger charge is 2.27. The lowest BCUT2D eigenvalue weighted by Crippen LogP contribution is -2.46. The molecule has 1 atom stereocenters. The van der Waals surface area contributed by atoms with Crippen molar-refractivity contribution in [2.75, 3.05) is 13.2 Å². The fourth-order valence-electron chi connectivity index (χ4n) is 0.967. The Hall–Kier alpha value is 0.0969. The van der Waals surface area contributed by atoms with Crippen LogP contribution < -0.4 is 5.73 Å². The largest absolute Gasteiger partial charge is 0.346 e. The first kappa shape index (κ1) is 14.1. The molecule has 0 aromatic carbocycles. The lowest BCUT2D eigenvalue weighted by atomic mass is 10.4. The monoisotopic (exact) mass is 218 g/mol. The maximum atomic E-state index is 6.09. The zero-order valence-electron chi connectivity index (χ0n) is 10.1. The van der Waals surface area contributed by atoms with E-state index < -0.39 is 8.07 Å². The lowest BCUT2D eigenvalue weighted by molar-refractivity contribution is -0.0427. The molecule has 0 aliphatic heterocycles. The topological polar surface area (TPSA) is 44.5 Å². The van der Waals surface area contributed by atoms with Crippen molar-refractivity contribution in [2.45, 2.75) is 45.6 Å². The van der Waals surface area contributed by atoms with Gasteiger partial charge in [0.2, 0.25) is 6.29 Å². The first-order valence-electron chi connectivity index (χ1n) is 5.28. The summed E-state index contributed by atoms with van der Waals surface area (Å²) in [6.45, 7) is 12.0. The van der Waals surface area contributed by atoms with Crippen LogP contribution in [0.5, 0.6) is 0 Å². The maximum absolute atomic E-state index is 6.09. The minimum atomic E-state index is -1.28. The van der Waals surface area contributed by atoms with Crippen LogP contribution in [-0.2, 0) is 9.47 Å².